The Morgan fingerprint density at radius 2 is 1.70 bits per heavy atom. The highest BCUT2D eigenvalue weighted by Crippen LogP contribution is 2.27. The Morgan fingerprint density at radius 1 is 1.02 bits per heavy atom. The Balaban J connectivity index is 1.66. The van der Waals surface area contributed by atoms with Crippen molar-refractivity contribution in [2.75, 3.05) is 26.2 Å². The maximum absolute atomic E-state index is 13.2. The first-order valence-corrected chi connectivity index (χ1v) is 14.7. The predicted octanol–water partition coefficient (Wildman–Crippen LogP) is 2.08. The molecule has 1 aliphatic heterocycles. The zero-order valence-corrected chi connectivity index (χ0v) is 23.9. The van der Waals surface area contributed by atoms with Crippen LogP contribution in [0.2, 0.25) is 0 Å². The fraction of sp³-hybridized carbons (Fsp3) is 0.407. The smallest absolute Gasteiger partial charge is 0.271 e. The number of nitrogens with one attached hydrogen (secondary N) is 3. The minimum atomic E-state index is -0.739. The van der Waals surface area contributed by atoms with Crippen LogP contribution in [0.25, 0.3) is 0 Å². The van der Waals surface area contributed by atoms with Crippen molar-refractivity contribution in [2.45, 2.75) is 38.8 Å². The number of carbonyl (C=O) groups excluding carboxylic acids is 4. The van der Waals surface area contributed by atoms with Gasteiger partial charge in [-0.2, -0.15) is 0 Å². The third kappa shape index (κ3) is 7.49. The van der Waals surface area contributed by atoms with Crippen LogP contribution in [0.5, 0.6) is 0 Å². The normalized spacial score (nSPS) is 19.2. The lowest BCUT2D eigenvalue weighted by molar-refractivity contribution is -0.138. The van der Waals surface area contributed by atoms with Gasteiger partial charge in [-0.1, -0.05) is 44.2 Å². The molecule has 0 unspecified atom stereocenters. The standard InChI is InChI=1S/C27H32N6O5S2/c1-16(2)23-27-31-19(14-40-27)24(37)28-9-6-10-33(22(36)13-34)12-21(35)29-18(11-17-7-4-3-5-8-17)26-30-20(15-39-26)25(38)32-23/h3-5,7-8,14-16,18,23,34H,6,9-13H2,1-2H3,(H,28,37)(H,29,35)(H,32,38)/t18-,23-/m0/s1. The van der Waals surface area contributed by atoms with E-state index in [-0.39, 0.29) is 48.8 Å². The van der Waals surface area contributed by atoms with E-state index in [0.717, 1.165) is 5.56 Å². The van der Waals surface area contributed by atoms with Gasteiger partial charge in [0.05, 0.1) is 18.6 Å². The molecule has 13 heteroatoms. The van der Waals surface area contributed by atoms with Gasteiger partial charge in [-0.3, -0.25) is 19.2 Å². The van der Waals surface area contributed by atoms with Crippen molar-refractivity contribution in [1.82, 2.24) is 30.8 Å². The highest BCUT2D eigenvalue weighted by atomic mass is 32.1. The fourth-order valence-electron chi connectivity index (χ4n) is 4.23. The molecule has 3 aromatic rings. The lowest BCUT2D eigenvalue weighted by Gasteiger charge is -2.23. The van der Waals surface area contributed by atoms with Crippen molar-refractivity contribution in [3.05, 3.63) is 68.1 Å². The minimum absolute atomic E-state index is 0.00149. The van der Waals surface area contributed by atoms with Gasteiger partial charge in [0.15, 0.2) is 0 Å². The first-order chi connectivity index (χ1) is 19.2. The number of fused-ring (bicyclic) bond motifs is 4. The van der Waals surface area contributed by atoms with Gasteiger partial charge in [-0.15, -0.1) is 22.7 Å². The van der Waals surface area contributed by atoms with Gasteiger partial charge in [0, 0.05) is 23.8 Å². The van der Waals surface area contributed by atoms with Crippen LogP contribution < -0.4 is 16.0 Å². The molecule has 4 rings (SSSR count). The average Bonchev–Trinajstić information content (AvgIpc) is 3.63. The zero-order valence-electron chi connectivity index (χ0n) is 22.3. The first kappa shape index (κ1) is 29.3. The van der Waals surface area contributed by atoms with Gasteiger partial charge in [0.25, 0.3) is 11.8 Å². The van der Waals surface area contributed by atoms with Crippen LogP contribution in [-0.4, -0.2) is 69.8 Å². The van der Waals surface area contributed by atoms with Crippen LogP contribution in [0.3, 0.4) is 0 Å². The molecule has 4 N–H and O–H groups in total. The second-order valence-electron chi connectivity index (χ2n) is 9.73. The van der Waals surface area contributed by atoms with E-state index in [0.29, 0.717) is 22.9 Å². The number of aliphatic hydroxyl groups is 1. The minimum Gasteiger partial charge on any atom is -0.387 e. The Kier molecular flexibility index (Phi) is 9.96. The van der Waals surface area contributed by atoms with Gasteiger partial charge >= 0.3 is 0 Å². The fourth-order valence-corrected chi connectivity index (χ4v) is 6.10. The number of benzene rings is 1. The van der Waals surface area contributed by atoms with Crippen LogP contribution in [0.1, 0.15) is 68.9 Å². The molecule has 40 heavy (non-hydrogen) atoms. The summed E-state index contributed by atoms with van der Waals surface area (Å²) < 4.78 is 0. The number of carbonyl (C=O) groups is 4. The third-order valence-electron chi connectivity index (χ3n) is 6.36. The quantitative estimate of drug-likeness (QED) is 0.366. The van der Waals surface area contributed by atoms with Gasteiger partial charge in [-0.05, 0) is 24.3 Å². The number of hydrogen-bond acceptors (Lipinski definition) is 9. The highest BCUT2D eigenvalue weighted by Gasteiger charge is 2.27. The monoisotopic (exact) mass is 584 g/mol. The molecule has 0 spiro atoms. The Hall–Kier alpha value is -3.68. The lowest BCUT2D eigenvalue weighted by atomic mass is 10.0. The maximum atomic E-state index is 13.2. The van der Waals surface area contributed by atoms with Crippen molar-refractivity contribution in [2.24, 2.45) is 5.92 Å². The summed E-state index contributed by atoms with van der Waals surface area (Å²) in [6.45, 7) is 3.30. The Bertz CT molecular complexity index is 1340. The molecule has 0 aliphatic carbocycles. The SMILES string of the molecule is CC(C)[C@@H]1NC(=O)c2csc(n2)[C@H](Cc2ccccc2)NC(=O)CN(C(=O)CO)CCCNC(=O)c2csc1n2. The van der Waals surface area contributed by atoms with Crippen LogP contribution >= 0.6 is 22.7 Å². The van der Waals surface area contributed by atoms with Crippen molar-refractivity contribution in [3.63, 3.8) is 0 Å². The topological polar surface area (TPSA) is 154 Å². The Labute approximate surface area is 240 Å². The van der Waals surface area contributed by atoms with Crippen molar-refractivity contribution in [1.29, 1.82) is 0 Å². The summed E-state index contributed by atoms with van der Waals surface area (Å²) >= 11 is 2.56. The summed E-state index contributed by atoms with van der Waals surface area (Å²) in [5.74, 6) is -1.78. The zero-order chi connectivity index (χ0) is 28.6. The lowest BCUT2D eigenvalue weighted by Crippen LogP contribution is -2.44. The van der Waals surface area contributed by atoms with Gasteiger partial charge < -0.3 is 26.0 Å². The van der Waals surface area contributed by atoms with E-state index in [2.05, 4.69) is 25.9 Å². The van der Waals surface area contributed by atoms with E-state index in [1.54, 1.807) is 10.8 Å². The highest BCUT2D eigenvalue weighted by molar-refractivity contribution is 7.10. The van der Waals surface area contributed by atoms with Crippen LogP contribution in [0, 0.1) is 5.92 Å². The van der Waals surface area contributed by atoms with E-state index in [1.807, 2.05) is 44.2 Å². The molecule has 0 radical (unpaired) electrons. The van der Waals surface area contributed by atoms with E-state index < -0.39 is 30.5 Å². The van der Waals surface area contributed by atoms with Gasteiger partial charge in [0.2, 0.25) is 11.8 Å². The van der Waals surface area contributed by atoms with Crippen LogP contribution in [-0.2, 0) is 16.0 Å². The van der Waals surface area contributed by atoms with Gasteiger partial charge in [0.1, 0.15) is 28.0 Å². The third-order valence-corrected chi connectivity index (χ3v) is 8.24. The molecule has 0 saturated heterocycles. The molecular weight excluding hydrogens is 552 g/mol. The summed E-state index contributed by atoms with van der Waals surface area (Å²) in [4.78, 5) is 61.7. The Morgan fingerprint density at radius 3 is 2.40 bits per heavy atom. The van der Waals surface area contributed by atoms with Crippen LogP contribution in [0.4, 0.5) is 0 Å². The van der Waals surface area contributed by atoms with E-state index in [4.69, 9.17) is 0 Å². The maximum Gasteiger partial charge on any atom is 0.271 e. The number of thiazole rings is 2. The number of nitrogens with zero attached hydrogens (tertiary/aromatic N) is 3. The van der Waals surface area contributed by atoms with Crippen LogP contribution in [0.15, 0.2) is 41.1 Å². The average molecular weight is 585 g/mol. The number of amides is 4. The molecule has 2 atom stereocenters. The van der Waals surface area contributed by atoms with E-state index in [9.17, 15) is 24.3 Å². The number of aromatic nitrogens is 2. The molecule has 0 fully saturated rings. The summed E-state index contributed by atoms with van der Waals surface area (Å²) in [6, 6.07) is 8.61. The summed E-state index contributed by atoms with van der Waals surface area (Å²) in [6.07, 6.45) is 0.799. The first-order valence-electron chi connectivity index (χ1n) is 13.0. The van der Waals surface area contributed by atoms with Crippen molar-refractivity contribution >= 4 is 46.3 Å². The van der Waals surface area contributed by atoms with Crippen molar-refractivity contribution in [3.8, 4) is 0 Å². The second-order valence-corrected chi connectivity index (χ2v) is 11.5. The number of hydrogen-bond donors (Lipinski definition) is 4. The molecule has 4 amide bonds. The van der Waals surface area contributed by atoms with Crippen molar-refractivity contribution < 1.29 is 24.3 Å². The molecule has 1 aromatic carbocycles. The van der Waals surface area contributed by atoms with E-state index >= 15 is 0 Å². The molecular formula is C27H32N6O5S2. The molecule has 2 aromatic heterocycles. The molecule has 11 nitrogen and oxygen atoms in total. The molecule has 1 aliphatic rings. The summed E-state index contributed by atoms with van der Waals surface area (Å²) in [5, 5.41) is 22.6. The number of aliphatic hydroxyl groups excluding tert-OH is 1. The summed E-state index contributed by atoms with van der Waals surface area (Å²) in [7, 11) is 0. The summed E-state index contributed by atoms with van der Waals surface area (Å²) in [5.41, 5.74) is 1.41. The predicted molar refractivity (Wildman–Crippen MR) is 151 cm³/mol. The van der Waals surface area contributed by atoms with Gasteiger partial charge in [-0.25, -0.2) is 9.97 Å². The molecule has 0 saturated carbocycles. The van der Waals surface area contributed by atoms with E-state index in [1.165, 1.54) is 27.6 Å². The number of rotatable bonds is 4. The second kappa shape index (κ2) is 13.6. The largest absolute Gasteiger partial charge is 0.387 e. The molecule has 3 heterocycles. The molecule has 212 valence electrons. The molecule has 4 bridgehead atoms.